The topological polar surface area (TPSA) is 0 Å². The lowest BCUT2D eigenvalue weighted by Gasteiger charge is -2.09. The van der Waals surface area contributed by atoms with Crippen LogP contribution in [0.3, 0.4) is 0 Å². The molecule has 0 bridgehead atoms. The molecule has 2 heterocycles. The quantitative estimate of drug-likeness (QED) is 0.139. The van der Waals surface area contributed by atoms with Crippen LogP contribution in [0.4, 0.5) is 0 Å². The highest BCUT2D eigenvalue weighted by Gasteiger charge is 2.13. The SMILES string of the molecule is CCCCCCCCc1cc(-c2cc(Br)c(-c3csc(CCCCCCCC)c3)cc2Br)cs1. The third-order valence-corrected chi connectivity index (χ3v) is 9.84. The van der Waals surface area contributed by atoms with E-state index in [-0.39, 0.29) is 0 Å². The molecule has 0 spiro atoms. The average Bonchev–Trinajstić information content (AvgIpc) is 3.49. The van der Waals surface area contributed by atoms with Crippen LogP contribution in [0.15, 0.2) is 44.0 Å². The highest BCUT2D eigenvalue weighted by molar-refractivity contribution is 9.11. The first-order valence-corrected chi connectivity index (χ1v) is 16.6. The number of rotatable bonds is 16. The van der Waals surface area contributed by atoms with Crippen LogP contribution >= 0.6 is 54.5 Å². The van der Waals surface area contributed by atoms with E-state index in [1.165, 1.54) is 131 Å². The summed E-state index contributed by atoms with van der Waals surface area (Å²) in [5.41, 5.74) is 5.23. The van der Waals surface area contributed by atoms with Crippen molar-refractivity contribution in [3.8, 4) is 22.3 Å². The van der Waals surface area contributed by atoms with Crippen LogP contribution in [0, 0.1) is 0 Å². The van der Waals surface area contributed by atoms with Crippen molar-refractivity contribution in [2.75, 3.05) is 0 Å². The first kappa shape index (κ1) is 28.2. The van der Waals surface area contributed by atoms with E-state index in [1.54, 1.807) is 0 Å². The summed E-state index contributed by atoms with van der Waals surface area (Å²) in [6, 6.07) is 9.38. The minimum Gasteiger partial charge on any atom is -0.148 e. The summed E-state index contributed by atoms with van der Waals surface area (Å²) >= 11 is 11.6. The molecular formula is C30H40Br2S2. The molecule has 4 heteroatoms. The summed E-state index contributed by atoms with van der Waals surface area (Å²) in [5, 5.41) is 4.64. The molecule has 3 aromatic rings. The van der Waals surface area contributed by atoms with Gasteiger partial charge in [-0.05, 0) is 83.0 Å². The van der Waals surface area contributed by atoms with E-state index in [2.05, 4.69) is 80.7 Å². The summed E-state index contributed by atoms with van der Waals surface area (Å²) in [7, 11) is 0. The summed E-state index contributed by atoms with van der Waals surface area (Å²) in [6.07, 6.45) is 18.7. The highest BCUT2D eigenvalue weighted by Crippen LogP contribution is 2.40. The van der Waals surface area contributed by atoms with Crippen LogP contribution < -0.4 is 0 Å². The van der Waals surface area contributed by atoms with E-state index >= 15 is 0 Å². The average molecular weight is 625 g/mol. The van der Waals surface area contributed by atoms with Crippen molar-refractivity contribution < 1.29 is 0 Å². The van der Waals surface area contributed by atoms with Gasteiger partial charge in [-0.3, -0.25) is 0 Å². The van der Waals surface area contributed by atoms with Gasteiger partial charge in [0.25, 0.3) is 0 Å². The Labute approximate surface area is 232 Å². The molecule has 0 aliphatic carbocycles. The monoisotopic (exact) mass is 622 g/mol. The Morgan fingerprint density at radius 2 is 0.912 bits per heavy atom. The van der Waals surface area contributed by atoms with Crippen molar-refractivity contribution in [2.24, 2.45) is 0 Å². The number of halogens is 2. The molecule has 3 rings (SSSR count). The largest absolute Gasteiger partial charge is 0.148 e. The number of aryl methyl sites for hydroxylation is 2. The fraction of sp³-hybridized carbons (Fsp3) is 0.533. The molecule has 0 aliphatic heterocycles. The van der Waals surface area contributed by atoms with E-state index in [4.69, 9.17) is 0 Å². The zero-order valence-corrected chi connectivity index (χ0v) is 25.7. The summed E-state index contributed by atoms with van der Waals surface area (Å²) in [6.45, 7) is 4.57. The molecular weight excluding hydrogens is 584 g/mol. The maximum Gasteiger partial charge on any atom is 0.0260 e. The van der Waals surface area contributed by atoms with Gasteiger partial charge in [0.05, 0.1) is 0 Å². The maximum absolute atomic E-state index is 3.88. The lowest BCUT2D eigenvalue weighted by atomic mass is 10.0. The first-order valence-electron chi connectivity index (χ1n) is 13.3. The maximum atomic E-state index is 3.88. The second-order valence-electron chi connectivity index (χ2n) is 9.45. The van der Waals surface area contributed by atoms with Gasteiger partial charge in [0, 0.05) is 18.7 Å². The molecule has 0 atom stereocenters. The Hall–Kier alpha value is -0.420. The Bertz CT molecular complexity index is 906. The Kier molecular flexibility index (Phi) is 13.0. The van der Waals surface area contributed by atoms with E-state index in [9.17, 15) is 0 Å². The Morgan fingerprint density at radius 1 is 0.529 bits per heavy atom. The van der Waals surface area contributed by atoms with Gasteiger partial charge in [-0.15, -0.1) is 22.7 Å². The minimum atomic E-state index is 1.18. The van der Waals surface area contributed by atoms with Gasteiger partial charge in [-0.2, -0.15) is 0 Å². The van der Waals surface area contributed by atoms with E-state index < -0.39 is 0 Å². The van der Waals surface area contributed by atoms with Gasteiger partial charge in [0.2, 0.25) is 0 Å². The van der Waals surface area contributed by atoms with Gasteiger partial charge >= 0.3 is 0 Å². The Morgan fingerprint density at radius 3 is 1.32 bits per heavy atom. The molecule has 0 fully saturated rings. The van der Waals surface area contributed by atoms with E-state index in [1.807, 2.05) is 22.7 Å². The second-order valence-corrected chi connectivity index (χ2v) is 13.2. The van der Waals surface area contributed by atoms with E-state index in [0.29, 0.717) is 0 Å². The predicted molar refractivity (Wildman–Crippen MR) is 163 cm³/mol. The van der Waals surface area contributed by atoms with Crippen molar-refractivity contribution in [1.82, 2.24) is 0 Å². The van der Waals surface area contributed by atoms with Crippen molar-refractivity contribution in [3.63, 3.8) is 0 Å². The molecule has 2 aromatic heterocycles. The molecule has 34 heavy (non-hydrogen) atoms. The molecule has 0 N–H and O–H groups in total. The number of thiophene rings is 2. The molecule has 1 aromatic carbocycles. The third-order valence-electron chi connectivity index (χ3n) is 6.54. The third kappa shape index (κ3) is 8.91. The number of hydrogen-bond donors (Lipinski definition) is 0. The van der Waals surface area contributed by atoms with Gasteiger partial charge in [0.15, 0.2) is 0 Å². The number of hydrogen-bond acceptors (Lipinski definition) is 2. The predicted octanol–water partition coefficient (Wildman–Crippen LogP) is 12.5. The molecule has 0 aliphatic rings. The van der Waals surface area contributed by atoms with Crippen molar-refractivity contribution in [1.29, 1.82) is 0 Å². The van der Waals surface area contributed by atoms with E-state index in [0.717, 1.165) is 0 Å². The smallest absolute Gasteiger partial charge is 0.0260 e. The normalized spacial score (nSPS) is 11.4. The molecule has 0 saturated heterocycles. The summed E-state index contributed by atoms with van der Waals surface area (Å²) < 4.78 is 2.36. The second kappa shape index (κ2) is 15.6. The fourth-order valence-electron chi connectivity index (χ4n) is 4.45. The van der Waals surface area contributed by atoms with Gasteiger partial charge in [-0.1, -0.05) is 110 Å². The fourth-order valence-corrected chi connectivity index (χ4v) is 7.46. The van der Waals surface area contributed by atoms with Crippen molar-refractivity contribution in [2.45, 2.75) is 104 Å². The minimum absolute atomic E-state index is 1.18. The van der Waals surface area contributed by atoms with Crippen LogP contribution in [0.5, 0.6) is 0 Å². The molecule has 0 saturated carbocycles. The highest BCUT2D eigenvalue weighted by atomic mass is 79.9. The first-order chi connectivity index (χ1) is 16.6. The van der Waals surface area contributed by atoms with Crippen molar-refractivity contribution in [3.05, 3.63) is 53.7 Å². The summed E-state index contributed by atoms with van der Waals surface area (Å²) in [5.74, 6) is 0. The molecule has 0 nitrogen and oxygen atoms in total. The van der Waals surface area contributed by atoms with Gasteiger partial charge in [0.1, 0.15) is 0 Å². The van der Waals surface area contributed by atoms with Gasteiger partial charge in [-0.25, -0.2) is 0 Å². The van der Waals surface area contributed by atoms with Crippen LogP contribution in [-0.2, 0) is 12.8 Å². The van der Waals surface area contributed by atoms with Crippen LogP contribution in [0.1, 0.15) is 101 Å². The standard InChI is InChI=1S/C30H40Br2S2/c1-3-5-7-9-11-13-15-25-17-23(21-33-25)27-19-30(32)28(20-29(27)31)24-18-26(34-22-24)16-14-12-10-8-6-4-2/h17-22H,3-16H2,1-2H3. The molecule has 0 amide bonds. The van der Waals surface area contributed by atoms with Crippen molar-refractivity contribution >= 4 is 54.5 Å². The van der Waals surface area contributed by atoms with Crippen LogP contribution in [-0.4, -0.2) is 0 Å². The Balaban J connectivity index is 1.57. The lowest BCUT2D eigenvalue weighted by Crippen LogP contribution is -1.85. The number of unbranched alkanes of at least 4 members (excludes halogenated alkanes) is 10. The van der Waals surface area contributed by atoms with Crippen LogP contribution in [0.25, 0.3) is 22.3 Å². The molecule has 0 unspecified atom stereocenters. The van der Waals surface area contributed by atoms with Crippen LogP contribution in [0.2, 0.25) is 0 Å². The van der Waals surface area contributed by atoms with Gasteiger partial charge < -0.3 is 0 Å². The zero-order chi connectivity index (χ0) is 24.2. The zero-order valence-electron chi connectivity index (χ0n) is 20.9. The summed E-state index contributed by atoms with van der Waals surface area (Å²) in [4.78, 5) is 3.02. The lowest BCUT2D eigenvalue weighted by molar-refractivity contribution is 0.609. The molecule has 0 radical (unpaired) electrons. The number of benzene rings is 1. The molecule has 186 valence electrons.